The zero-order valence-electron chi connectivity index (χ0n) is 13.5. The molecule has 0 aliphatic heterocycles. The molecular weight excluding hydrogens is 451 g/mol. The van der Waals surface area contributed by atoms with Crippen LogP contribution in [0, 0.1) is 5.82 Å². The maximum absolute atomic E-state index is 13.5. The Kier molecular flexibility index (Phi) is 5.53. The van der Waals surface area contributed by atoms with E-state index in [1.165, 1.54) is 18.2 Å². The van der Waals surface area contributed by atoms with Gasteiger partial charge in [-0.1, -0.05) is 10.3 Å². The van der Waals surface area contributed by atoms with Crippen LogP contribution in [0.4, 0.5) is 4.39 Å². The smallest absolute Gasteiger partial charge is 0.295 e. The highest BCUT2D eigenvalue weighted by Gasteiger charge is 2.22. The lowest BCUT2D eigenvalue weighted by Gasteiger charge is -2.04. The fourth-order valence-corrected chi connectivity index (χ4v) is 3.30. The summed E-state index contributed by atoms with van der Waals surface area (Å²) in [6.07, 6.45) is 0.829. The summed E-state index contributed by atoms with van der Waals surface area (Å²) in [6, 6.07) is 3.90. The van der Waals surface area contributed by atoms with Gasteiger partial charge in [-0.2, -0.15) is 8.42 Å². The van der Waals surface area contributed by atoms with E-state index in [1.807, 2.05) is 0 Å². The number of rotatable bonds is 7. The van der Waals surface area contributed by atoms with Crippen molar-refractivity contribution in [2.24, 2.45) is 0 Å². The Morgan fingerprint density at radius 2 is 2.00 bits per heavy atom. The van der Waals surface area contributed by atoms with Crippen LogP contribution >= 0.6 is 15.9 Å². The molecule has 13 heteroatoms. The van der Waals surface area contributed by atoms with E-state index >= 15 is 0 Å². The average Bonchev–Trinajstić information content (AvgIpc) is 3.19. The molecule has 0 atom stereocenters. The minimum Gasteiger partial charge on any atom is -0.295 e. The lowest BCUT2D eigenvalue weighted by atomic mass is 10.1. The van der Waals surface area contributed by atoms with E-state index in [4.69, 9.17) is 13.7 Å². The van der Waals surface area contributed by atoms with E-state index in [1.54, 1.807) is 0 Å². The maximum atomic E-state index is 13.5. The maximum Gasteiger partial charge on any atom is 0.446 e. The van der Waals surface area contributed by atoms with Crippen molar-refractivity contribution < 1.29 is 26.5 Å². The Balaban J connectivity index is 1.89. The van der Waals surface area contributed by atoms with Crippen molar-refractivity contribution in [3.8, 4) is 17.2 Å². The number of hydrogen-bond acceptors (Lipinski definition) is 8. The van der Waals surface area contributed by atoms with Gasteiger partial charge in [0.1, 0.15) is 11.5 Å². The molecule has 0 saturated heterocycles. The van der Waals surface area contributed by atoms with Gasteiger partial charge in [0.05, 0.1) is 15.9 Å². The van der Waals surface area contributed by atoms with Gasteiger partial charge in [-0.15, -0.1) is 0 Å². The number of aromatic nitrogens is 4. The molecule has 144 valence electrons. The van der Waals surface area contributed by atoms with Crippen LogP contribution in [0.5, 0.6) is 0 Å². The molecule has 0 spiro atoms. The molecule has 0 aliphatic carbocycles. The van der Waals surface area contributed by atoms with Crippen molar-refractivity contribution in [3.63, 3.8) is 0 Å². The van der Waals surface area contributed by atoms with Gasteiger partial charge in [-0.05, 0) is 58.5 Å². The van der Waals surface area contributed by atoms with Crippen LogP contribution in [0.1, 0.15) is 18.5 Å². The Morgan fingerprint density at radius 1 is 1.22 bits per heavy atom. The summed E-state index contributed by atoms with van der Waals surface area (Å²) in [5, 5.41) is 11.2. The first kappa shape index (κ1) is 19.4. The molecule has 0 fully saturated rings. The van der Waals surface area contributed by atoms with E-state index in [9.17, 15) is 17.6 Å². The third-order valence-electron chi connectivity index (χ3n) is 3.60. The first-order valence-corrected chi connectivity index (χ1v) is 9.97. The molecule has 3 rings (SSSR count). The third kappa shape index (κ3) is 4.48. The second-order valence-corrected chi connectivity index (χ2v) is 7.93. The number of halogens is 2. The molecule has 0 amide bonds. The predicted octanol–water partition coefficient (Wildman–Crippen LogP) is 1.99. The topological polar surface area (TPSA) is 141 Å². The standard InChI is InChI=1S/C14H12BrFN4O6S/c15-9-7-8(4-5-10(9)16)20-13(19-25-14(20)21)12-11(17-26-18-12)3-1-2-6-27(22,23)24/h4-5,7H,1-3,6H2,(H,22,23,24). The summed E-state index contributed by atoms with van der Waals surface area (Å²) < 4.78 is 54.3. The Labute approximate surface area is 159 Å². The number of aryl methyl sites for hydroxylation is 1. The molecule has 2 heterocycles. The molecule has 3 aromatic rings. The molecule has 0 saturated carbocycles. The lowest BCUT2D eigenvalue weighted by Crippen LogP contribution is -2.14. The summed E-state index contributed by atoms with van der Waals surface area (Å²) in [7, 11) is -4.04. The van der Waals surface area contributed by atoms with Gasteiger partial charge >= 0.3 is 5.76 Å². The van der Waals surface area contributed by atoms with Gasteiger partial charge in [-0.25, -0.2) is 18.4 Å². The highest BCUT2D eigenvalue weighted by atomic mass is 79.9. The van der Waals surface area contributed by atoms with Crippen LogP contribution in [0.2, 0.25) is 0 Å². The summed E-state index contributed by atoms with van der Waals surface area (Å²) in [6.45, 7) is 0. The van der Waals surface area contributed by atoms with Gasteiger partial charge in [0.25, 0.3) is 10.1 Å². The third-order valence-corrected chi connectivity index (χ3v) is 5.01. The molecule has 1 N–H and O–H groups in total. The van der Waals surface area contributed by atoms with Crippen molar-refractivity contribution >= 4 is 26.0 Å². The molecule has 10 nitrogen and oxygen atoms in total. The van der Waals surface area contributed by atoms with Gasteiger partial charge in [0.15, 0.2) is 5.69 Å². The number of hydrogen-bond donors (Lipinski definition) is 1. The quantitative estimate of drug-likeness (QED) is 0.411. The van der Waals surface area contributed by atoms with Crippen LogP contribution in [0.25, 0.3) is 17.2 Å². The van der Waals surface area contributed by atoms with E-state index < -0.39 is 21.7 Å². The fourth-order valence-electron chi connectivity index (χ4n) is 2.37. The highest BCUT2D eigenvalue weighted by Crippen LogP contribution is 2.24. The minimum atomic E-state index is -4.04. The largest absolute Gasteiger partial charge is 0.446 e. The summed E-state index contributed by atoms with van der Waals surface area (Å²) in [5.74, 6) is -1.70. The van der Waals surface area contributed by atoms with E-state index in [0.717, 1.165) is 4.57 Å². The van der Waals surface area contributed by atoms with Crippen molar-refractivity contribution in [2.75, 3.05) is 5.75 Å². The molecule has 0 radical (unpaired) electrons. The van der Waals surface area contributed by atoms with Gasteiger partial charge in [0, 0.05) is 0 Å². The van der Waals surface area contributed by atoms with Gasteiger partial charge < -0.3 is 0 Å². The van der Waals surface area contributed by atoms with Crippen molar-refractivity contribution in [1.82, 2.24) is 20.0 Å². The van der Waals surface area contributed by atoms with Crippen LogP contribution < -0.4 is 5.76 Å². The number of benzene rings is 1. The molecule has 0 bridgehead atoms. The van der Waals surface area contributed by atoms with Gasteiger partial charge in [0.2, 0.25) is 5.82 Å². The summed E-state index contributed by atoms with van der Waals surface area (Å²) >= 11 is 3.04. The highest BCUT2D eigenvalue weighted by molar-refractivity contribution is 9.10. The molecule has 27 heavy (non-hydrogen) atoms. The fraction of sp³-hybridized carbons (Fsp3) is 0.286. The zero-order chi connectivity index (χ0) is 19.6. The Morgan fingerprint density at radius 3 is 2.70 bits per heavy atom. The molecule has 1 aromatic carbocycles. The second kappa shape index (κ2) is 7.70. The monoisotopic (exact) mass is 462 g/mol. The van der Waals surface area contributed by atoms with Crippen LogP contribution in [0.15, 0.2) is 36.6 Å². The predicted molar refractivity (Wildman–Crippen MR) is 92.4 cm³/mol. The van der Waals surface area contributed by atoms with Crippen molar-refractivity contribution in [2.45, 2.75) is 19.3 Å². The van der Waals surface area contributed by atoms with E-state index in [2.05, 4.69) is 31.4 Å². The average molecular weight is 463 g/mol. The SMILES string of the molecule is O=c1onc(-c2nonc2CCCCS(=O)(=O)O)n1-c1ccc(F)c(Br)c1. The van der Waals surface area contributed by atoms with E-state index in [-0.39, 0.29) is 40.3 Å². The van der Waals surface area contributed by atoms with Crippen LogP contribution in [0.3, 0.4) is 0 Å². The van der Waals surface area contributed by atoms with Crippen molar-refractivity contribution in [1.29, 1.82) is 0 Å². The first-order chi connectivity index (χ1) is 12.8. The van der Waals surface area contributed by atoms with Crippen LogP contribution in [-0.2, 0) is 16.5 Å². The van der Waals surface area contributed by atoms with Crippen LogP contribution in [-0.4, -0.2) is 38.8 Å². The number of unbranched alkanes of at least 4 members (excludes halogenated alkanes) is 1. The Bertz CT molecular complexity index is 1120. The molecule has 0 unspecified atom stereocenters. The molecule has 2 aromatic heterocycles. The van der Waals surface area contributed by atoms with Gasteiger partial charge in [-0.3, -0.25) is 9.08 Å². The summed E-state index contributed by atoms with van der Waals surface area (Å²) in [5.41, 5.74) is 0.742. The number of nitrogens with zero attached hydrogens (tertiary/aromatic N) is 4. The lowest BCUT2D eigenvalue weighted by molar-refractivity contribution is 0.303. The molecule has 0 aliphatic rings. The summed E-state index contributed by atoms with van der Waals surface area (Å²) in [4.78, 5) is 12.1. The van der Waals surface area contributed by atoms with E-state index in [0.29, 0.717) is 12.1 Å². The molecular formula is C14H12BrFN4O6S. The van der Waals surface area contributed by atoms with Crippen molar-refractivity contribution in [3.05, 3.63) is 44.7 Å². The second-order valence-electron chi connectivity index (χ2n) is 5.51. The minimum absolute atomic E-state index is 0.00420. The first-order valence-electron chi connectivity index (χ1n) is 7.57. The zero-order valence-corrected chi connectivity index (χ0v) is 15.9. The normalized spacial score (nSPS) is 11.8. The Hall–Kier alpha value is -2.38.